The van der Waals surface area contributed by atoms with Crippen LogP contribution in [0.25, 0.3) is 0 Å². The third-order valence-corrected chi connectivity index (χ3v) is 3.34. The summed E-state index contributed by atoms with van der Waals surface area (Å²) in [5.41, 5.74) is 0.792. The number of nitrogens with one attached hydrogen (secondary N) is 1. The fraction of sp³-hybridized carbons (Fsp3) is 0.615. The maximum atomic E-state index is 12.1. The minimum absolute atomic E-state index is 0.268. The number of ketones is 1. The Morgan fingerprint density at radius 2 is 1.80 bits per heavy atom. The molecule has 0 radical (unpaired) electrons. The highest BCUT2D eigenvalue weighted by molar-refractivity contribution is 5.96. The van der Waals surface area contributed by atoms with Crippen molar-refractivity contribution in [3.63, 3.8) is 0 Å². The lowest BCUT2D eigenvalue weighted by Crippen LogP contribution is -2.16. The van der Waals surface area contributed by atoms with Crippen molar-refractivity contribution in [1.29, 1.82) is 0 Å². The Morgan fingerprint density at radius 3 is 2.40 bits per heavy atom. The van der Waals surface area contributed by atoms with E-state index in [1.165, 1.54) is 32.1 Å². The Hall–Kier alpha value is -1.05. The molecular weight excluding hydrogens is 186 g/mol. The van der Waals surface area contributed by atoms with Gasteiger partial charge in [-0.1, -0.05) is 32.1 Å². The normalized spacial score (nSPS) is 19.5. The van der Waals surface area contributed by atoms with Crippen LogP contribution in [0.2, 0.25) is 0 Å². The van der Waals surface area contributed by atoms with E-state index in [1.54, 1.807) is 0 Å². The van der Waals surface area contributed by atoms with E-state index in [1.807, 2.05) is 18.3 Å². The second-order valence-corrected chi connectivity index (χ2v) is 4.49. The minimum atomic E-state index is 0.268. The summed E-state index contributed by atoms with van der Waals surface area (Å²) in [5.74, 6) is 0.589. The standard InChI is InChI=1S/C13H19NO/c15-13(12-9-6-10-14-12)11-7-4-2-1-3-5-8-11/h6,9-11,14H,1-5,7-8H2. The molecule has 0 aliphatic heterocycles. The van der Waals surface area contributed by atoms with Crippen LogP contribution in [0.3, 0.4) is 0 Å². The summed E-state index contributed by atoms with van der Waals surface area (Å²) in [5, 5.41) is 0. The van der Waals surface area contributed by atoms with Crippen LogP contribution in [-0.2, 0) is 0 Å². The lowest BCUT2D eigenvalue weighted by Gasteiger charge is -2.17. The van der Waals surface area contributed by atoms with Crippen LogP contribution in [0, 0.1) is 5.92 Å². The van der Waals surface area contributed by atoms with E-state index in [0.29, 0.717) is 5.78 Å². The van der Waals surface area contributed by atoms with Gasteiger partial charge in [0.05, 0.1) is 5.69 Å². The summed E-state index contributed by atoms with van der Waals surface area (Å²) in [6, 6.07) is 3.79. The van der Waals surface area contributed by atoms with Gasteiger partial charge in [-0.25, -0.2) is 0 Å². The quantitative estimate of drug-likeness (QED) is 0.736. The van der Waals surface area contributed by atoms with Crippen molar-refractivity contribution in [2.45, 2.75) is 44.9 Å². The first kappa shape index (κ1) is 10.5. The Balaban J connectivity index is 1.98. The third-order valence-electron chi connectivity index (χ3n) is 3.34. The molecule has 1 aliphatic carbocycles. The molecule has 0 amide bonds. The molecule has 15 heavy (non-hydrogen) atoms. The number of hydrogen-bond acceptors (Lipinski definition) is 1. The monoisotopic (exact) mass is 205 g/mol. The smallest absolute Gasteiger partial charge is 0.182 e. The molecule has 0 aromatic carbocycles. The SMILES string of the molecule is O=C(c1ccc[nH]1)C1CCCCCCC1. The van der Waals surface area contributed by atoms with Gasteiger partial charge in [-0.15, -0.1) is 0 Å². The summed E-state index contributed by atoms with van der Waals surface area (Å²) < 4.78 is 0. The van der Waals surface area contributed by atoms with Crippen LogP contribution < -0.4 is 0 Å². The molecule has 0 saturated heterocycles. The van der Waals surface area contributed by atoms with E-state index in [-0.39, 0.29) is 5.92 Å². The van der Waals surface area contributed by atoms with Crippen molar-refractivity contribution in [3.05, 3.63) is 24.0 Å². The van der Waals surface area contributed by atoms with E-state index in [0.717, 1.165) is 18.5 Å². The fourth-order valence-electron chi connectivity index (χ4n) is 2.42. The maximum absolute atomic E-state index is 12.1. The highest BCUT2D eigenvalue weighted by atomic mass is 16.1. The molecule has 0 spiro atoms. The largest absolute Gasteiger partial charge is 0.359 e. The Kier molecular flexibility index (Phi) is 3.59. The van der Waals surface area contributed by atoms with Crippen LogP contribution in [0.15, 0.2) is 18.3 Å². The summed E-state index contributed by atoms with van der Waals surface area (Å²) >= 11 is 0. The number of Topliss-reactive ketones (excluding diaryl/α,β-unsaturated/α-hetero) is 1. The molecular formula is C13H19NO. The fourth-order valence-corrected chi connectivity index (χ4v) is 2.42. The predicted molar refractivity (Wildman–Crippen MR) is 60.9 cm³/mol. The summed E-state index contributed by atoms with van der Waals surface area (Å²) in [7, 11) is 0. The first-order valence-corrected chi connectivity index (χ1v) is 6.05. The Morgan fingerprint density at radius 1 is 1.13 bits per heavy atom. The van der Waals surface area contributed by atoms with Crippen molar-refractivity contribution in [2.75, 3.05) is 0 Å². The van der Waals surface area contributed by atoms with Gasteiger partial charge in [-0.3, -0.25) is 4.79 Å². The Bertz CT molecular complexity index is 294. The molecule has 2 nitrogen and oxygen atoms in total. The van der Waals surface area contributed by atoms with Gasteiger partial charge in [0.1, 0.15) is 0 Å². The van der Waals surface area contributed by atoms with Crippen LogP contribution >= 0.6 is 0 Å². The average Bonchev–Trinajstić information content (AvgIpc) is 2.68. The van der Waals surface area contributed by atoms with Gasteiger partial charge in [-0.05, 0) is 25.0 Å². The number of hydrogen-bond donors (Lipinski definition) is 1. The molecule has 1 heterocycles. The topological polar surface area (TPSA) is 32.9 Å². The maximum Gasteiger partial charge on any atom is 0.182 e. The molecule has 1 N–H and O–H groups in total. The number of aromatic nitrogens is 1. The molecule has 0 bridgehead atoms. The van der Waals surface area contributed by atoms with E-state index in [4.69, 9.17) is 0 Å². The molecule has 1 aliphatic rings. The van der Waals surface area contributed by atoms with Crippen LogP contribution in [0.1, 0.15) is 55.4 Å². The number of H-pyrrole nitrogens is 1. The van der Waals surface area contributed by atoms with Crippen molar-refractivity contribution in [3.8, 4) is 0 Å². The van der Waals surface area contributed by atoms with E-state index in [2.05, 4.69) is 4.98 Å². The van der Waals surface area contributed by atoms with Crippen molar-refractivity contribution in [2.24, 2.45) is 5.92 Å². The molecule has 0 atom stereocenters. The van der Waals surface area contributed by atoms with E-state index in [9.17, 15) is 4.79 Å². The van der Waals surface area contributed by atoms with E-state index < -0.39 is 0 Å². The van der Waals surface area contributed by atoms with E-state index >= 15 is 0 Å². The summed E-state index contributed by atoms with van der Waals surface area (Å²) in [6.07, 6.45) is 10.4. The highest BCUT2D eigenvalue weighted by Crippen LogP contribution is 2.24. The van der Waals surface area contributed by atoms with Crippen molar-refractivity contribution in [1.82, 2.24) is 4.98 Å². The summed E-state index contributed by atoms with van der Waals surface area (Å²) in [6.45, 7) is 0. The van der Waals surface area contributed by atoms with Crippen LogP contribution in [0.5, 0.6) is 0 Å². The van der Waals surface area contributed by atoms with Gasteiger partial charge in [0, 0.05) is 12.1 Å². The number of carbonyl (C=O) groups is 1. The highest BCUT2D eigenvalue weighted by Gasteiger charge is 2.20. The first-order chi connectivity index (χ1) is 7.38. The van der Waals surface area contributed by atoms with Gasteiger partial charge in [-0.2, -0.15) is 0 Å². The lowest BCUT2D eigenvalue weighted by molar-refractivity contribution is 0.0894. The van der Waals surface area contributed by atoms with Gasteiger partial charge < -0.3 is 4.98 Å². The number of carbonyl (C=O) groups excluding carboxylic acids is 1. The zero-order valence-electron chi connectivity index (χ0n) is 9.17. The summed E-state index contributed by atoms with van der Waals surface area (Å²) in [4.78, 5) is 15.1. The molecule has 2 rings (SSSR count). The van der Waals surface area contributed by atoms with Gasteiger partial charge in [0.25, 0.3) is 0 Å². The zero-order chi connectivity index (χ0) is 10.5. The lowest BCUT2D eigenvalue weighted by atomic mass is 9.87. The number of aromatic amines is 1. The second kappa shape index (κ2) is 5.15. The van der Waals surface area contributed by atoms with Gasteiger partial charge in [0.2, 0.25) is 0 Å². The zero-order valence-corrected chi connectivity index (χ0v) is 9.17. The molecule has 82 valence electrons. The first-order valence-electron chi connectivity index (χ1n) is 6.05. The molecule has 0 unspecified atom stereocenters. The predicted octanol–water partition coefficient (Wildman–Crippen LogP) is 3.56. The average molecular weight is 205 g/mol. The molecule has 1 fully saturated rings. The minimum Gasteiger partial charge on any atom is -0.359 e. The molecule has 2 heteroatoms. The third kappa shape index (κ3) is 2.71. The number of rotatable bonds is 2. The van der Waals surface area contributed by atoms with Gasteiger partial charge in [0.15, 0.2) is 5.78 Å². The van der Waals surface area contributed by atoms with Crippen molar-refractivity contribution < 1.29 is 4.79 Å². The molecule has 1 aromatic rings. The molecule has 1 aromatic heterocycles. The van der Waals surface area contributed by atoms with Crippen molar-refractivity contribution >= 4 is 5.78 Å². The second-order valence-electron chi connectivity index (χ2n) is 4.49. The molecule has 1 saturated carbocycles. The van der Waals surface area contributed by atoms with Crippen LogP contribution in [0.4, 0.5) is 0 Å². The Labute approximate surface area is 91.1 Å². The van der Waals surface area contributed by atoms with Crippen LogP contribution in [-0.4, -0.2) is 10.8 Å². The van der Waals surface area contributed by atoms with Gasteiger partial charge >= 0.3 is 0 Å².